The van der Waals surface area contributed by atoms with E-state index in [1.54, 1.807) is 0 Å². The molecule has 0 aromatic heterocycles. The van der Waals surface area contributed by atoms with Gasteiger partial charge in [0.2, 0.25) is 5.91 Å². The van der Waals surface area contributed by atoms with Crippen LogP contribution in [-0.2, 0) is 4.79 Å². The van der Waals surface area contributed by atoms with Crippen molar-refractivity contribution in [3.63, 3.8) is 0 Å². The van der Waals surface area contributed by atoms with Gasteiger partial charge in [-0.2, -0.15) is 0 Å². The zero-order valence-corrected chi connectivity index (χ0v) is 5.42. The number of aliphatic hydroxyl groups excluding tert-OH is 1. The molecule has 0 unspecified atom stereocenters. The molecule has 1 saturated heterocycles. The van der Waals surface area contributed by atoms with Crippen molar-refractivity contribution >= 4 is 5.91 Å². The summed E-state index contributed by atoms with van der Waals surface area (Å²) in [4.78, 5) is 10.6. The maximum Gasteiger partial charge on any atom is 0.222 e. The van der Waals surface area contributed by atoms with E-state index >= 15 is 0 Å². The number of hydrogen-bond acceptors (Lipinski definition) is 2. The molecule has 1 amide bonds. The van der Waals surface area contributed by atoms with Crippen molar-refractivity contribution in [2.24, 2.45) is 0 Å². The Morgan fingerprint density at radius 2 is 2.44 bits per heavy atom. The minimum absolute atomic E-state index is 0.0405. The molecule has 52 valence electrons. The number of rotatable bonds is 0. The molecule has 1 fully saturated rings. The molecule has 2 N–H and O–H groups in total. The Labute approximate surface area is 54.1 Å². The molecule has 0 aliphatic carbocycles. The average Bonchev–Trinajstić information content (AvgIpc) is 1.59. The molecule has 0 aromatic rings. The molecular weight excluding hydrogens is 118 g/mol. The Bertz CT molecular complexity index is 112. The molecule has 0 radical (unpaired) electrons. The number of carbonyl (C=O) groups is 1. The van der Waals surface area contributed by atoms with Gasteiger partial charge in [-0.1, -0.05) is 0 Å². The van der Waals surface area contributed by atoms with Crippen molar-refractivity contribution in [3.05, 3.63) is 0 Å². The Balaban J connectivity index is 2.43. The van der Waals surface area contributed by atoms with Crippen molar-refractivity contribution in [1.29, 1.82) is 0 Å². The molecule has 0 spiro atoms. The molecule has 0 saturated carbocycles. The molecular formula is C6H11NO2. The molecule has 3 nitrogen and oxygen atoms in total. The van der Waals surface area contributed by atoms with E-state index < -0.39 is 6.10 Å². The highest BCUT2D eigenvalue weighted by atomic mass is 16.3. The molecule has 3 heteroatoms. The van der Waals surface area contributed by atoms with Gasteiger partial charge in [-0.25, -0.2) is 0 Å². The molecule has 0 bridgehead atoms. The fourth-order valence-corrected chi connectivity index (χ4v) is 1.10. The highest BCUT2D eigenvalue weighted by Crippen LogP contribution is 2.07. The first-order valence-electron chi connectivity index (χ1n) is 3.16. The van der Waals surface area contributed by atoms with Crippen LogP contribution in [0, 0.1) is 0 Å². The van der Waals surface area contributed by atoms with Crippen molar-refractivity contribution < 1.29 is 9.90 Å². The lowest BCUT2D eigenvalue weighted by atomic mass is 10.0. The highest BCUT2D eigenvalue weighted by Gasteiger charge is 2.20. The first-order valence-corrected chi connectivity index (χ1v) is 3.16. The number of amides is 1. The summed E-state index contributed by atoms with van der Waals surface area (Å²) in [6.45, 7) is 1.89. The van der Waals surface area contributed by atoms with Crippen LogP contribution in [-0.4, -0.2) is 23.2 Å². The first-order chi connectivity index (χ1) is 4.18. The van der Waals surface area contributed by atoms with E-state index in [1.807, 2.05) is 6.92 Å². The zero-order valence-electron chi connectivity index (χ0n) is 5.42. The smallest absolute Gasteiger partial charge is 0.222 e. The molecule has 1 heterocycles. The maximum atomic E-state index is 10.6. The topological polar surface area (TPSA) is 49.3 Å². The summed E-state index contributed by atoms with van der Waals surface area (Å²) < 4.78 is 0. The first kappa shape index (κ1) is 6.55. The summed E-state index contributed by atoms with van der Waals surface area (Å²) in [5.74, 6) is -0.0405. The second-order valence-electron chi connectivity index (χ2n) is 2.56. The summed E-state index contributed by atoms with van der Waals surface area (Å²) in [6.07, 6.45) is 0.532. The van der Waals surface area contributed by atoms with E-state index in [0.717, 1.165) is 0 Å². The van der Waals surface area contributed by atoms with E-state index in [0.29, 0.717) is 6.42 Å². The third-order valence-electron chi connectivity index (χ3n) is 1.45. The van der Waals surface area contributed by atoms with Gasteiger partial charge < -0.3 is 10.4 Å². The van der Waals surface area contributed by atoms with Crippen molar-refractivity contribution in [2.75, 3.05) is 0 Å². The summed E-state index contributed by atoms with van der Waals surface area (Å²) in [6, 6.07) is 0.140. The summed E-state index contributed by atoms with van der Waals surface area (Å²) >= 11 is 0. The third kappa shape index (κ3) is 1.68. The minimum atomic E-state index is -0.422. The molecule has 0 aromatic carbocycles. The fraction of sp³-hybridized carbons (Fsp3) is 0.833. The predicted molar refractivity (Wildman–Crippen MR) is 32.8 cm³/mol. The number of piperidine rings is 1. The van der Waals surface area contributed by atoms with Crippen LogP contribution < -0.4 is 5.32 Å². The highest BCUT2D eigenvalue weighted by molar-refractivity contribution is 5.77. The number of hydrogen-bond donors (Lipinski definition) is 2. The van der Waals surface area contributed by atoms with Crippen LogP contribution in [0.4, 0.5) is 0 Å². The lowest BCUT2D eigenvalue weighted by molar-refractivity contribution is -0.126. The summed E-state index contributed by atoms with van der Waals surface area (Å²) in [7, 11) is 0. The molecule has 2 atom stereocenters. The van der Waals surface area contributed by atoms with E-state index in [9.17, 15) is 4.79 Å². The van der Waals surface area contributed by atoms with E-state index in [-0.39, 0.29) is 18.4 Å². The van der Waals surface area contributed by atoms with Crippen molar-refractivity contribution in [2.45, 2.75) is 31.9 Å². The fourth-order valence-electron chi connectivity index (χ4n) is 1.10. The van der Waals surface area contributed by atoms with Gasteiger partial charge in [0.15, 0.2) is 0 Å². The van der Waals surface area contributed by atoms with Gasteiger partial charge >= 0.3 is 0 Å². The second kappa shape index (κ2) is 2.35. The van der Waals surface area contributed by atoms with Crippen molar-refractivity contribution in [3.8, 4) is 0 Å². The lowest BCUT2D eigenvalue weighted by Crippen LogP contribution is -2.42. The molecule has 1 rings (SSSR count). The Morgan fingerprint density at radius 1 is 1.78 bits per heavy atom. The molecule has 1 aliphatic heterocycles. The van der Waals surface area contributed by atoms with Crippen LogP contribution in [0.3, 0.4) is 0 Å². The zero-order chi connectivity index (χ0) is 6.85. The average molecular weight is 129 g/mol. The van der Waals surface area contributed by atoms with E-state index in [4.69, 9.17) is 5.11 Å². The monoisotopic (exact) mass is 129 g/mol. The van der Waals surface area contributed by atoms with Crippen LogP contribution in [0.25, 0.3) is 0 Å². The predicted octanol–water partition coefficient (Wildman–Crippen LogP) is -0.354. The summed E-state index contributed by atoms with van der Waals surface area (Å²) in [5.41, 5.74) is 0. The van der Waals surface area contributed by atoms with Gasteiger partial charge in [-0.15, -0.1) is 0 Å². The van der Waals surface area contributed by atoms with Gasteiger partial charge in [0.05, 0.1) is 12.5 Å². The molecule has 1 aliphatic rings. The van der Waals surface area contributed by atoms with E-state index in [1.165, 1.54) is 0 Å². The van der Waals surface area contributed by atoms with Crippen molar-refractivity contribution in [1.82, 2.24) is 5.32 Å². The number of carbonyl (C=O) groups excluding carboxylic acids is 1. The van der Waals surface area contributed by atoms with Crippen LogP contribution in [0.5, 0.6) is 0 Å². The van der Waals surface area contributed by atoms with Gasteiger partial charge in [-0.05, 0) is 13.3 Å². The van der Waals surface area contributed by atoms with Crippen LogP contribution in [0.1, 0.15) is 19.8 Å². The second-order valence-corrected chi connectivity index (χ2v) is 2.56. The maximum absolute atomic E-state index is 10.6. The Morgan fingerprint density at radius 3 is 2.89 bits per heavy atom. The normalized spacial score (nSPS) is 36.0. The van der Waals surface area contributed by atoms with E-state index in [2.05, 4.69) is 5.32 Å². The quantitative estimate of drug-likeness (QED) is 0.469. The third-order valence-corrected chi connectivity index (χ3v) is 1.45. The standard InChI is InChI=1S/C6H11NO2/c1-4-2-5(8)3-6(9)7-4/h4-5,8H,2-3H2,1H3,(H,7,9)/t4-,5+/m0/s1. The number of aliphatic hydroxyl groups is 1. The van der Waals surface area contributed by atoms with Crippen LogP contribution >= 0.6 is 0 Å². The van der Waals surface area contributed by atoms with Gasteiger partial charge in [0, 0.05) is 6.04 Å². The Hall–Kier alpha value is -0.570. The van der Waals surface area contributed by atoms with Gasteiger partial charge in [-0.3, -0.25) is 4.79 Å². The van der Waals surface area contributed by atoms with Crippen LogP contribution in [0.2, 0.25) is 0 Å². The minimum Gasteiger partial charge on any atom is -0.393 e. The van der Waals surface area contributed by atoms with Gasteiger partial charge in [0.1, 0.15) is 0 Å². The molecule has 9 heavy (non-hydrogen) atoms. The van der Waals surface area contributed by atoms with Gasteiger partial charge in [0.25, 0.3) is 0 Å². The Kier molecular flexibility index (Phi) is 1.71. The number of nitrogens with one attached hydrogen (secondary N) is 1. The largest absolute Gasteiger partial charge is 0.393 e. The SMILES string of the molecule is C[C@H]1C[C@@H](O)CC(=O)N1. The van der Waals surface area contributed by atoms with Crippen LogP contribution in [0.15, 0.2) is 0 Å². The summed E-state index contributed by atoms with van der Waals surface area (Å²) in [5, 5.41) is 11.7. The lowest BCUT2D eigenvalue weighted by Gasteiger charge is -2.23.